The molecule has 0 aliphatic rings. The van der Waals surface area contributed by atoms with Gasteiger partial charge in [-0.25, -0.2) is 4.79 Å². The maximum absolute atomic E-state index is 10.1. The zero-order chi connectivity index (χ0) is 13.2. The van der Waals surface area contributed by atoms with Gasteiger partial charge in [-0.15, -0.1) is 0 Å². The van der Waals surface area contributed by atoms with Crippen LogP contribution in [0.2, 0.25) is 0 Å². The number of aliphatic hydroxyl groups excluding tert-OH is 1. The summed E-state index contributed by atoms with van der Waals surface area (Å²) in [5, 5.41) is 16.6. The lowest BCUT2D eigenvalue weighted by molar-refractivity contribution is -0.131. The molecule has 0 radical (unpaired) electrons. The van der Waals surface area contributed by atoms with Crippen LogP contribution in [0.4, 0.5) is 0 Å². The Kier molecular flexibility index (Phi) is 6.00. The van der Waals surface area contributed by atoms with Crippen molar-refractivity contribution in [3.05, 3.63) is 66.1 Å². The van der Waals surface area contributed by atoms with Crippen molar-refractivity contribution in [2.75, 3.05) is 0 Å². The predicted molar refractivity (Wildman–Crippen MR) is 67.7 cm³/mol. The molecule has 0 saturated heterocycles. The quantitative estimate of drug-likeness (QED) is 0.816. The van der Waals surface area contributed by atoms with E-state index in [4.69, 9.17) is 14.6 Å². The van der Waals surface area contributed by atoms with Gasteiger partial charge in [-0.05, 0) is 23.8 Å². The van der Waals surface area contributed by atoms with Gasteiger partial charge in [0.05, 0.1) is 6.26 Å². The van der Waals surface area contributed by atoms with Crippen molar-refractivity contribution in [3.63, 3.8) is 0 Å². The molecule has 0 atom stereocenters. The van der Waals surface area contributed by atoms with Crippen molar-refractivity contribution in [1.29, 1.82) is 0 Å². The highest BCUT2D eigenvalue weighted by Gasteiger charge is 1.86. The molecule has 0 unspecified atom stereocenters. The van der Waals surface area contributed by atoms with E-state index in [1.54, 1.807) is 18.2 Å². The summed E-state index contributed by atoms with van der Waals surface area (Å²) in [5.41, 5.74) is 0.898. The zero-order valence-corrected chi connectivity index (χ0v) is 9.69. The summed E-state index contributed by atoms with van der Waals surface area (Å²) in [7, 11) is 0. The number of carbonyl (C=O) groups is 1. The molecule has 2 rings (SSSR count). The summed E-state index contributed by atoms with van der Waals surface area (Å²) in [6.45, 7) is -0.00694. The molecule has 2 N–H and O–H groups in total. The number of furan rings is 1. The molecule has 2 aromatic rings. The molecule has 1 heterocycles. The number of aliphatic hydroxyl groups is 1. The molecule has 0 saturated carbocycles. The van der Waals surface area contributed by atoms with Crippen molar-refractivity contribution in [2.45, 2.75) is 6.61 Å². The third-order valence-corrected chi connectivity index (χ3v) is 1.95. The first-order valence-electron chi connectivity index (χ1n) is 5.31. The lowest BCUT2D eigenvalue weighted by atomic mass is 10.2. The maximum atomic E-state index is 10.1. The minimum atomic E-state index is -0.922. The van der Waals surface area contributed by atoms with Gasteiger partial charge in [0.1, 0.15) is 12.4 Å². The molecule has 0 aliphatic carbocycles. The van der Waals surface area contributed by atoms with Gasteiger partial charge in [-0.3, -0.25) is 0 Å². The van der Waals surface area contributed by atoms with Crippen LogP contribution in [-0.4, -0.2) is 16.2 Å². The second-order valence-corrected chi connectivity index (χ2v) is 3.32. The Bertz CT molecular complexity index is 472. The summed E-state index contributed by atoms with van der Waals surface area (Å²) >= 11 is 0. The van der Waals surface area contributed by atoms with Crippen LogP contribution in [-0.2, 0) is 11.4 Å². The van der Waals surface area contributed by atoms with Crippen molar-refractivity contribution >= 4 is 12.0 Å². The molecule has 0 spiro atoms. The van der Waals surface area contributed by atoms with Gasteiger partial charge in [-0.1, -0.05) is 30.3 Å². The minimum absolute atomic E-state index is 0.00694. The summed E-state index contributed by atoms with van der Waals surface area (Å²) in [6.07, 6.45) is 4.21. The lowest BCUT2D eigenvalue weighted by Gasteiger charge is -1.87. The molecule has 18 heavy (non-hydrogen) atoms. The Morgan fingerprint density at radius 1 is 1.17 bits per heavy atom. The lowest BCUT2D eigenvalue weighted by Crippen LogP contribution is -1.85. The normalized spacial score (nSPS) is 9.83. The molecule has 0 fully saturated rings. The molecule has 0 aliphatic heterocycles. The van der Waals surface area contributed by atoms with Crippen LogP contribution in [0.3, 0.4) is 0 Å². The van der Waals surface area contributed by atoms with E-state index in [0.717, 1.165) is 11.6 Å². The van der Waals surface area contributed by atoms with Crippen LogP contribution in [0.5, 0.6) is 0 Å². The van der Waals surface area contributed by atoms with Crippen LogP contribution in [0.1, 0.15) is 11.3 Å². The Morgan fingerprint density at radius 3 is 2.33 bits per heavy atom. The van der Waals surface area contributed by atoms with E-state index in [1.165, 1.54) is 6.26 Å². The van der Waals surface area contributed by atoms with Crippen LogP contribution >= 0.6 is 0 Å². The first-order valence-corrected chi connectivity index (χ1v) is 5.31. The average Bonchev–Trinajstić information content (AvgIpc) is 2.91. The van der Waals surface area contributed by atoms with E-state index in [0.29, 0.717) is 5.76 Å². The highest BCUT2D eigenvalue weighted by atomic mass is 16.4. The second kappa shape index (κ2) is 7.86. The summed E-state index contributed by atoms with van der Waals surface area (Å²) in [5.74, 6) is -0.311. The largest absolute Gasteiger partial charge is 0.478 e. The first kappa shape index (κ1) is 13.7. The average molecular weight is 246 g/mol. The van der Waals surface area contributed by atoms with Gasteiger partial charge in [0.2, 0.25) is 0 Å². The minimum Gasteiger partial charge on any atom is -0.478 e. The summed E-state index contributed by atoms with van der Waals surface area (Å²) < 4.78 is 4.73. The Morgan fingerprint density at radius 2 is 1.89 bits per heavy atom. The fourth-order valence-electron chi connectivity index (χ4n) is 1.13. The molecule has 4 heteroatoms. The fourth-order valence-corrected chi connectivity index (χ4v) is 1.13. The highest BCUT2D eigenvalue weighted by Crippen LogP contribution is 2.00. The molecule has 0 bridgehead atoms. The number of benzene rings is 1. The summed E-state index contributed by atoms with van der Waals surface area (Å²) in [6, 6.07) is 12.8. The molecule has 1 aromatic carbocycles. The third-order valence-electron chi connectivity index (χ3n) is 1.95. The SMILES string of the molecule is O=C(O)C=Cc1ccccc1.OCc1ccco1. The monoisotopic (exact) mass is 246 g/mol. The molecule has 94 valence electrons. The first-order chi connectivity index (χ1) is 8.72. The number of rotatable bonds is 3. The fraction of sp³-hybridized carbons (Fsp3) is 0.0714. The van der Waals surface area contributed by atoms with Crippen molar-refractivity contribution < 1.29 is 19.4 Å². The van der Waals surface area contributed by atoms with E-state index < -0.39 is 5.97 Å². The molecular formula is C14H14O4. The molecule has 4 nitrogen and oxygen atoms in total. The predicted octanol–water partition coefficient (Wildman–Crippen LogP) is 2.56. The van der Waals surface area contributed by atoms with E-state index in [1.807, 2.05) is 30.3 Å². The van der Waals surface area contributed by atoms with Gasteiger partial charge >= 0.3 is 5.97 Å². The van der Waals surface area contributed by atoms with Gasteiger partial charge in [0, 0.05) is 6.08 Å². The van der Waals surface area contributed by atoms with Gasteiger partial charge in [0.15, 0.2) is 0 Å². The Labute approximate surface area is 105 Å². The summed E-state index contributed by atoms with van der Waals surface area (Å²) in [4.78, 5) is 10.1. The maximum Gasteiger partial charge on any atom is 0.328 e. The number of hydrogen-bond donors (Lipinski definition) is 2. The third kappa shape index (κ3) is 5.67. The van der Waals surface area contributed by atoms with Crippen molar-refractivity contribution in [3.8, 4) is 0 Å². The van der Waals surface area contributed by atoms with Crippen molar-refractivity contribution in [1.82, 2.24) is 0 Å². The van der Waals surface area contributed by atoms with Crippen LogP contribution in [0, 0.1) is 0 Å². The Hall–Kier alpha value is -2.33. The van der Waals surface area contributed by atoms with E-state index in [-0.39, 0.29) is 6.61 Å². The standard InChI is InChI=1S/C9H8O2.C5H6O2/c10-9(11)7-6-8-4-2-1-3-5-8;6-4-5-2-1-3-7-5/h1-7H,(H,10,11);1-3,6H,4H2. The van der Waals surface area contributed by atoms with Crippen LogP contribution < -0.4 is 0 Å². The van der Waals surface area contributed by atoms with E-state index in [2.05, 4.69) is 0 Å². The smallest absolute Gasteiger partial charge is 0.328 e. The molecular weight excluding hydrogens is 232 g/mol. The van der Waals surface area contributed by atoms with Crippen molar-refractivity contribution in [2.24, 2.45) is 0 Å². The van der Waals surface area contributed by atoms with Crippen LogP contribution in [0.15, 0.2) is 59.2 Å². The Balaban J connectivity index is 0.000000199. The molecule has 1 aromatic heterocycles. The van der Waals surface area contributed by atoms with Gasteiger partial charge < -0.3 is 14.6 Å². The zero-order valence-electron chi connectivity index (χ0n) is 9.69. The van der Waals surface area contributed by atoms with E-state index >= 15 is 0 Å². The van der Waals surface area contributed by atoms with E-state index in [9.17, 15) is 4.79 Å². The highest BCUT2D eigenvalue weighted by molar-refractivity contribution is 5.85. The second-order valence-electron chi connectivity index (χ2n) is 3.32. The number of hydrogen-bond acceptors (Lipinski definition) is 3. The van der Waals surface area contributed by atoms with Gasteiger partial charge in [-0.2, -0.15) is 0 Å². The topological polar surface area (TPSA) is 70.7 Å². The molecule has 0 amide bonds. The van der Waals surface area contributed by atoms with Crippen LogP contribution in [0.25, 0.3) is 6.08 Å². The van der Waals surface area contributed by atoms with Gasteiger partial charge in [0.25, 0.3) is 0 Å². The number of carboxylic acids is 1. The number of carboxylic acid groups (broad SMARTS) is 1. The number of aliphatic carboxylic acids is 1.